The molecule has 3 heteroatoms. The number of ether oxygens (including phenoxy) is 1. The molecule has 0 saturated heterocycles. The van der Waals surface area contributed by atoms with E-state index in [0.717, 1.165) is 24.3 Å². The van der Waals surface area contributed by atoms with Crippen LogP contribution < -0.4 is 10.5 Å². The van der Waals surface area contributed by atoms with Gasteiger partial charge in [-0.15, -0.1) is 0 Å². The number of nitrogens with zero attached hydrogens (tertiary/aromatic N) is 1. The van der Waals surface area contributed by atoms with Crippen molar-refractivity contribution in [2.75, 3.05) is 14.2 Å². The lowest BCUT2D eigenvalue weighted by Gasteiger charge is -2.35. The fourth-order valence-electron chi connectivity index (χ4n) is 1.85. The molecule has 0 aliphatic carbocycles. The maximum atomic E-state index is 5.74. The van der Waals surface area contributed by atoms with Crippen molar-refractivity contribution in [3.63, 3.8) is 0 Å². The van der Waals surface area contributed by atoms with Gasteiger partial charge in [0.2, 0.25) is 0 Å². The molecular formula is C15H26N2O. The summed E-state index contributed by atoms with van der Waals surface area (Å²) in [6.45, 7) is 8.19. The largest absolute Gasteiger partial charge is 0.496 e. The molecule has 0 unspecified atom stereocenters. The Labute approximate surface area is 111 Å². The Hall–Kier alpha value is -1.06. The normalized spacial score (nSPS) is 11.9. The maximum Gasteiger partial charge on any atom is 0.123 e. The average Bonchev–Trinajstić information content (AvgIpc) is 2.38. The molecule has 3 nitrogen and oxygen atoms in total. The second-order valence-electron chi connectivity index (χ2n) is 5.37. The van der Waals surface area contributed by atoms with Crippen LogP contribution in [0.2, 0.25) is 0 Å². The van der Waals surface area contributed by atoms with Gasteiger partial charge in [0, 0.05) is 24.2 Å². The monoisotopic (exact) mass is 250 g/mol. The van der Waals surface area contributed by atoms with E-state index in [1.54, 1.807) is 7.11 Å². The zero-order chi connectivity index (χ0) is 13.8. The summed E-state index contributed by atoms with van der Waals surface area (Å²) in [6.07, 6.45) is 1.13. The summed E-state index contributed by atoms with van der Waals surface area (Å²) in [5.74, 6) is 0.874. The molecule has 0 spiro atoms. The minimum Gasteiger partial charge on any atom is -0.496 e. The Morgan fingerprint density at radius 3 is 2.50 bits per heavy atom. The van der Waals surface area contributed by atoms with Crippen LogP contribution in [0.15, 0.2) is 18.2 Å². The van der Waals surface area contributed by atoms with Gasteiger partial charge in [-0.05, 0) is 45.0 Å². The van der Waals surface area contributed by atoms with Crippen LogP contribution in [0.1, 0.15) is 38.3 Å². The van der Waals surface area contributed by atoms with E-state index in [2.05, 4.69) is 44.9 Å². The fourth-order valence-corrected chi connectivity index (χ4v) is 1.85. The van der Waals surface area contributed by atoms with Crippen LogP contribution in [0.4, 0.5) is 0 Å². The summed E-state index contributed by atoms with van der Waals surface area (Å²) >= 11 is 0. The first kappa shape index (κ1) is 15.0. The van der Waals surface area contributed by atoms with Gasteiger partial charge in [-0.1, -0.05) is 13.0 Å². The number of hydrogen-bond acceptors (Lipinski definition) is 3. The van der Waals surface area contributed by atoms with Crippen molar-refractivity contribution in [3.05, 3.63) is 29.3 Å². The molecule has 1 rings (SSSR count). The van der Waals surface area contributed by atoms with Crippen molar-refractivity contribution in [1.29, 1.82) is 0 Å². The molecule has 18 heavy (non-hydrogen) atoms. The maximum absolute atomic E-state index is 5.74. The third-order valence-electron chi connectivity index (χ3n) is 3.88. The van der Waals surface area contributed by atoms with Crippen molar-refractivity contribution in [1.82, 2.24) is 4.90 Å². The van der Waals surface area contributed by atoms with Gasteiger partial charge in [0.15, 0.2) is 0 Å². The van der Waals surface area contributed by atoms with E-state index in [4.69, 9.17) is 10.5 Å². The molecular weight excluding hydrogens is 224 g/mol. The van der Waals surface area contributed by atoms with Crippen molar-refractivity contribution < 1.29 is 4.74 Å². The Morgan fingerprint density at radius 1 is 1.33 bits per heavy atom. The number of hydrogen-bond donors (Lipinski definition) is 1. The molecule has 1 aromatic rings. The SMILES string of the molecule is CCC(C)(C)N(C)Cc1ccc(OC)c(CN)c1. The number of methoxy groups -OCH3 is 1. The Balaban J connectivity index is 2.86. The van der Waals surface area contributed by atoms with Gasteiger partial charge in [0.1, 0.15) is 5.75 Å². The minimum atomic E-state index is 0.211. The lowest BCUT2D eigenvalue weighted by atomic mass is 9.99. The third kappa shape index (κ3) is 3.47. The predicted molar refractivity (Wildman–Crippen MR) is 76.7 cm³/mol. The second-order valence-corrected chi connectivity index (χ2v) is 5.37. The van der Waals surface area contributed by atoms with E-state index in [1.807, 2.05) is 6.07 Å². The Morgan fingerprint density at radius 2 is 2.00 bits per heavy atom. The van der Waals surface area contributed by atoms with E-state index < -0.39 is 0 Å². The molecule has 0 heterocycles. The minimum absolute atomic E-state index is 0.211. The van der Waals surface area contributed by atoms with E-state index in [-0.39, 0.29) is 5.54 Å². The highest BCUT2D eigenvalue weighted by atomic mass is 16.5. The standard InChI is InChI=1S/C15H26N2O/c1-6-15(2,3)17(4)11-12-7-8-14(18-5)13(9-12)10-16/h7-9H,6,10-11,16H2,1-5H3. The predicted octanol–water partition coefficient (Wildman–Crippen LogP) is 2.77. The summed E-state index contributed by atoms with van der Waals surface area (Å²) in [5.41, 5.74) is 8.30. The average molecular weight is 250 g/mol. The summed E-state index contributed by atoms with van der Waals surface area (Å²) in [7, 11) is 3.84. The highest BCUT2D eigenvalue weighted by molar-refractivity contribution is 5.37. The molecule has 0 atom stereocenters. The van der Waals surface area contributed by atoms with Crippen molar-refractivity contribution >= 4 is 0 Å². The molecule has 0 aliphatic rings. The smallest absolute Gasteiger partial charge is 0.123 e. The van der Waals surface area contributed by atoms with E-state index in [0.29, 0.717) is 6.54 Å². The van der Waals surface area contributed by atoms with Crippen molar-refractivity contribution in [2.24, 2.45) is 5.73 Å². The molecule has 0 amide bonds. The number of nitrogens with two attached hydrogens (primary N) is 1. The van der Waals surface area contributed by atoms with Gasteiger partial charge in [-0.3, -0.25) is 4.90 Å². The first-order chi connectivity index (χ1) is 8.44. The first-order valence-corrected chi connectivity index (χ1v) is 6.51. The van der Waals surface area contributed by atoms with Gasteiger partial charge in [-0.2, -0.15) is 0 Å². The number of rotatable bonds is 6. The summed E-state index contributed by atoms with van der Waals surface area (Å²) in [6, 6.07) is 6.26. The summed E-state index contributed by atoms with van der Waals surface area (Å²) < 4.78 is 5.29. The molecule has 0 fully saturated rings. The quantitative estimate of drug-likeness (QED) is 0.843. The Kier molecular flexibility index (Phi) is 5.17. The molecule has 1 aromatic carbocycles. The molecule has 0 saturated carbocycles. The summed E-state index contributed by atoms with van der Waals surface area (Å²) in [4.78, 5) is 2.37. The fraction of sp³-hybridized carbons (Fsp3) is 0.600. The topological polar surface area (TPSA) is 38.5 Å². The molecule has 2 N–H and O–H groups in total. The zero-order valence-corrected chi connectivity index (χ0v) is 12.3. The molecule has 0 radical (unpaired) electrons. The molecule has 0 aliphatic heterocycles. The van der Waals surface area contributed by atoms with Crippen molar-refractivity contribution in [3.8, 4) is 5.75 Å². The van der Waals surface area contributed by atoms with Crippen LogP contribution >= 0.6 is 0 Å². The number of benzene rings is 1. The molecule has 0 bridgehead atoms. The molecule has 0 aromatic heterocycles. The van der Waals surface area contributed by atoms with E-state index in [9.17, 15) is 0 Å². The van der Waals surface area contributed by atoms with Crippen LogP contribution in [0, 0.1) is 0 Å². The lowest BCUT2D eigenvalue weighted by Crippen LogP contribution is -2.39. The van der Waals surface area contributed by atoms with Gasteiger partial charge in [0.05, 0.1) is 7.11 Å². The van der Waals surface area contributed by atoms with Crippen LogP contribution in [0.3, 0.4) is 0 Å². The lowest BCUT2D eigenvalue weighted by molar-refractivity contribution is 0.143. The van der Waals surface area contributed by atoms with Crippen LogP contribution in [-0.4, -0.2) is 24.6 Å². The van der Waals surface area contributed by atoms with Crippen LogP contribution in [0.25, 0.3) is 0 Å². The van der Waals surface area contributed by atoms with Crippen LogP contribution in [0.5, 0.6) is 5.75 Å². The van der Waals surface area contributed by atoms with Gasteiger partial charge in [-0.25, -0.2) is 0 Å². The third-order valence-corrected chi connectivity index (χ3v) is 3.88. The zero-order valence-electron chi connectivity index (χ0n) is 12.3. The van der Waals surface area contributed by atoms with Gasteiger partial charge in [0.25, 0.3) is 0 Å². The van der Waals surface area contributed by atoms with Gasteiger partial charge >= 0.3 is 0 Å². The van der Waals surface area contributed by atoms with E-state index in [1.165, 1.54) is 5.56 Å². The van der Waals surface area contributed by atoms with Crippen molar-refractivity contribution in [2.45, 2.75) is 45.8 Å². The highest BCUT2D eigenvalue weighted by Gasteiger charge is 2.21. The summed E-state index contributed by atoms with van der Waals surface area (Å²) in [5, 5.41) is 0. The highest BCUT2D eigenvalue weighted by Crippen LogP contribution is 2.23. The Bertz CT molecular complexity index is 388. The van der Waals surface area contributed by atoms with Crippen LogP contribution in [-0.2, 0) is 13.1 Å². The second kappa shape index (κ2) is 6.21. The first-order valence-electron chi connectivity index (χ1n) is 6.51. The van der Waals surface area contributed by atoms with Gasteiger partial charge < -0.3 is 10.5 Å². The van der Waals surface area contributed by atoms with E-state index >= 15 is 0 Å². The molecule has 102 valence electrons.